The van der Waals surface area contributed by atoms with Gasteiger partial charge in [0.2, 0.25) is 5.91 Å². The molecule has 3 amide bonds. The standard InChI is InChI=1S/C13H15FN2O2/c1-9-8-16(13(18)15-12(9)17)6-5-10-3-2-4-11(14)7-10/h2-4,7,9H,5-6,8H2,1H3,(H,15,17,18). The minimum atomic E-state index is -0.366. The van der Waals surface area contributed by atoms with Gasteiger partial charge in [-0.25, -0.2) is 9.18 Å². The maximum absolute atomic E-state index is 13.0. The summed E-state index contributed by atoms with van der Waals surface area (Å²) in [7, 11) is 0. The first kappa shape index (κ1) is 12.5. The van der Waals surface area contributed by atoms with E-state index in [1.807, 2.05) is 6.07 Å². The molecule has 1 fully saturated rings. The molecule has 1 aliphatic rings. The van der Waals surface area contributed by atoms with Crippen LogP contribution in [0, 0.1) is 11.7 Å². The Morgan fingerprint density at radius 3 is 2.94 bits per heavy atom. The van der Waals surface area contributed by atoms with Crippen molar-refractivity contribution in [1.82, 2.24) is 10.2 Å². The molecular weight excluding hydrogens is 235 g/mol. The fourth-order valence-electron chi connectivity index (χ4n) is 1.95. The van der Waals surface area contributed by atoms with Crippen LogP contribution in [0.25, 0.3) is 0 Å². The van der Waals surface area contributed by atoms with Crippen LogP contribution in [0.1, 0.15) is 12.5 Å². The zero-order chi connectivity index (χ0) is 13.1. The lowest BCUT2D eigenvalue weighted by Crippen LogP contribution is -2.54. The van der Waals surface area contributed by atoms with Crippen molar-refractivity contribution in [1.29, 1.82) is 0 Å². The molecule has 18 heavy (non-hydrogen) atoms. The Morgan fingerprint density at radius 1 is 1.44 bits per heavy atom. The normalized spacial score (nSPS) is 19.9. The van der Waals surface area contributed by atoms with Gasteiger partial charge < -0.3 is 4.90 Å². The SMILES string of the molecule is CC1CN(CCc2cccc(F)c2)C(=O)NC1=O. The molecular formula is C13H15FN2O2. The van der Waals surface area contributed by atoms with Gasteiger partial charge in [0.15, 0.2) is 0 Å². The van der Waals surface area contributed by atoms with Crippen LogP contribution in [0.5, 0.6) is 0 Å². The van der Waals surface area contributed by atoms with Crippen LogP contribution in [0.3, 0.4) is 0 Å². The summed E-state index contributed by atoms with van der Waals surface area (Å²) in [4.78, 5) is 24.4. The van der Waals surface area contributed by atoms with E-state index in [4.69, 9.17) is 0 Å². The number of urea groups is 1. The molecule has 0 aliphatic carbocycles. The summed E-state index contributed by atoms with van der Waals surface area (Å²) in [6.45, 7) is 2.67. The first-order valence-corrected chi connectivity index (χ1v) is 5.90. The average Bonchev–Trinajstić information content (AvgIpc) is 2.32. The van der Waals surface area contributed by atoms with Crippen molar-refractivity contribution in [3.05, 3.63) is 35.6 Å². The highest BCUT2D eigenvalue weighted by Gasteiger charge is 2.28. The van der Waals surface area contributed by atoms with Crippen molar-refractivity contribution < 1.29 is 14.0 Å². The Morgan fingerprint density at radius 2 is 2.22 bits per heavy atom. The second-order valence-corrected chi connectivity index (χ2v) is 4.52. The van der Waals surface area contributed by atoms with Crippen LogP contribution < -0.4 is 5.32 Å². The van der Waals surface area contributed by atoms with Crippen molar-refractivity contribution >= 4 is 11.9 Å². The molecule has 0 spiro atoms. The second kappa shape index (κ2) is 5.16. The van der Waals surface area contributed by atoms with Crippen LogP contribution in [-0.2, 0) is 11.2 Å². The van der Waals surface area contributed by atoms with E-state index in [2.05, 4.69) is 5.32 Å². The smallest absolute Gasteiger partial charge is 0.323 e. The highest BCUT2D eigenvalue weighted by Crippen LogP contribution is 2.10. The minimum Gasteiger partial charge on any atom is -0.323 e. The van der Waals surface area contributed by atoms with E-state index in [0.717, 1.165) is 5.56 Å². The Hall–Kier alpha value is -1.91. The summed E-state index contributed by atoms with van der Waals surface area (Å²) in [6, 6.07) is 5.94. The molecule has 0 radical (unpaired) electrons. The number of rotatable bonds is 3. The molecule has 1 saturated heterocycles. The number of nitrogens with one attached hydrogen (secondary N) is 1. The van der Waals surface area contributed by atoms with Crippen molar-refractivity contribution in [2.45, 2.75) is 13.3 Å². The van der Waals surface area contributed by atoms with E-state index >= 15 is 0 Å². The third-order valence-electron chi connectivity index (χ3n) is 3.02. The number of imide groups is 1. The number of hydrogen-bond donors (Lipinski definition) is 1. The Bertz CT molecular complexity index is 476. The van der Waals surface area contributed by atoms with Gasteiger partial charge in [-0.3, -0.25) is 10.1 Å². The van der Waals surface area contributed by atoms with Gasteiger partial charge in [0.05, 0.1) is 5.92 Å². The number of benzene rings is 1. The topological polar surface area (TPSA) is 49.4 Å². The van der Waals surface area contributed by atoms with E-state index in [1.54, 1.807) is 17.9 Å². The van der Waals surface area contributed by atoms with Crippen LogP contribution in [0.15, 0.2) is 24.3 Å². The molecule has 5 heteroatoms. The van der Waals surface area contributed by atoms with Gasteiger partial charge in [-0.05, 0) is 24.1 Å². The zero-order valence-corrected chi connectivity index (χ0v) is 10.1. The first-order chi connectivity index (χ1) is 8.56. The number of nitrogens with zero attached hydrogens (tertiary/aromatic N) is 1. The minimum absolute atomic E-state index is 0.199. The molecule has 1 N–H and O–H groups in total. The van der Waals surface area contributed by atoms with Crippen LogP contribution in [-0.4, -0.2) is 29.9 Å². The third kappa shape index (κ3) is 2.85. The number of carbonyl (C=O) groups excluding carboxylic acids is 2. The predicted octanol–water partition coefficient (Wildman–Crippen LogP) is 1.56. The Kier molecular flexibility index (Phi) is 3.60. The molecule has 1 aromatic rings. The maximum Gasteiger partial charge on any atom is 0.324 e. The van der Waals surface area contributed by atoms with Crippen LogP contribution in [0.4, 0.5) is 9.18 Å². The van der Waals surface area contributed by atoms with Gasteiger partial charge in [0.1, 0.15) is 5.82 Å². The molecule has 96 valence electrons. The van der Waals surface area contributed by atoms with Crippen molar-refractivity contribution in [3.63, 3.8) is 0 Å². The van der Waals surface area contributed by atoms with Crippen molar-refractivity contribution in [3.8, 4) is 0 Å². The molecule has 1 unspecified atom stereocenters. The fraction of sp³-hybridized carbons (Fsp3) is 0.385. The van der Waals surface area contributed by atoms with Gasteiger partial charge in [0, 0.05) is 13.1 Å². The molecule has 2 rings (SSSR count). The van der Waals surface area contributed by atoms with E-state index in [1.165, 1.54) is 12.1 Å². The van der Waals surface area contributed by atoms with E-state index in [-0.39, 0.29) is 23.7 Å². The van der Waals surface area contributed by atoms with Crippen LogP contribution in [0.2, 0.25) is 0 Å². The zero-order valence-electron chi connectivity index (χ0n) is 10.1. The van der Waals surface area contributed by atoms with Gasteiger partial charge in [0.25, 0.3) is 0 Å². The third-order valence-corrected chi connectivity index (χ3v) is 3.02. The second-order valence-electron chi connectivity index (χ2n) is 4.52. The number of amides is 3. The van der Waals surface area contributed by atoms with Gasteiger partial charge in [-0.15, -0.1) is 0 Å². The van der Waals surface area contributed by atoms with Gasteiger partial charge in [-0.1, -0.05) is 19.1 Å². The lowest BCUT2D eigenvalue weighted by molar-refractivity contribution is -0.125. The predicted molar refractivity (Wildman–Crippen MR) is 64.4 cm³/mol. The molecule has 1 aromatic carbocycles. The summed E-state index contributed by atoms with van der Waals surface area (Å²) < 4.78 is 13.0. The van der Waals surface area contributed by atoms with Crippen molar-refractivity contribution in [2.24, 2.45) is 5.92 Å². The average molecular weight is 250 g/mol. The molecule has 0 aromatic heterocycles. The summed E-state index contributed by atoms with van der Waals surface area (Å²) >= 11 is 0. The Balaban J connectivity index is 1.94. The van der Waals surface area contributed by atoms with Gasteiger partial charge in [-0.2, -0.15) is 0 Å². The highest BCUT2D eigenvalue weighted by molar-refractivity contribution is 5.97. The summed E-state index contributed by atoms with van der Waals surface area (Å²) in [5.41, 5.74) is 0.840. The fourth-order valence-corrected chi connectivity index (χ4v) is 1.95. The maximum atomic E-state index is 13.0. The monoisotopic (exact) mass is 250 g/mol. The summed E-state index contributed by atoms with van der Waals surface area (Å²) in [5.74, 6) is -0.712. The molecule has 0 bridgehead atoms. The molecule has 0 saturated carbocycles. The van der Waals surface area contributed by atoms with E-state index in [0.29, 0.717) is 19.5 Å². The molecule has 4 nitrogen and oxygen atoms in total. The van der Waals surface area contributed by atoms with E-state index < -0.39 is 0 Å². The Labute approximate surface area is 105 Å². The highest BCUT2D eigenvalue weighted by atomic mass is 19.1. The van der Waals surface area contributed by atoms with Crippen molar-refractivity contribution in [2.75, 3.05) is 13.1 Å². The van der Waals surface area contributed by atoms with E-state index in [9.17, 15) is 14.0 Å². The molecule has 1 atom stereocenters. The van der Waals surface area contributed by atoms with Crippen LogP contribution >= 0.6 is 0 Å². The lowest BCUT2D eigenvalue weighted by Gasteiger charge is -2.30. The largest absolute Gasteiger partial charge is 0.324 e. The number of carbonyl (C=O) groups is 2. The summed E-state index contributed by atoms with van der Waals surface area (Å²) in [5, 5.41) is 2.30. The first-order valence-electron chi connectivity index (χ1n) is 5.90. The number of halogens is 1. The lowest BCUT2D eigenvalue weighted by atomic mass is 10.1. The quantitative estimate of drug-likeness (QED) is 0.885. The molecule has 1 aliphatic heterocycles. The molecule has 1 heterocycles. The number of hydrogen-bond acceptors (Lipinski definition) is 2. The summed E-state index contributed by atoms with van der Waals surface area (Å²) in [6.07, 6.45) is 0.575. The van der Waals surface area contributed by atoms with Gasteiger partial charge >= 0.3 is 6.03 Å².